The molecule has 4 rings (SSSR count). The van der Waals surface area contributed by atoms with Gasteiger partial charge in [-0.05, 0) is 42.5 Å². The molecule has 0 unspecified atom stereocenters. The van der Waals surface area contributed by atoms with Crippen LogP contribution in [-0.2, 0) is 13.2 Å². The van der Waals surface area contributed by atoms with Gasteiger partial charge in [0.1, 0.15) is 0 Å². The number of alkyl halides is 3. The van der Waals surface area contributed by atoms with Gasteiger partial charge in [0.2, 0.25) is 5.82 Å². The average Bonchev–Trinajstić information content (AvgIpc) is 3.20. The number of fused-ring (bicyclic) bond motifs is 1. The van der Waals surface area contributed by atoms with Crippen molar-refractivity contribution in [1.82, 2.24) is 14.7 Å². The summed E-state index contributed by atoms with van der Waals surface area (Å²) in [6.07, 6.45) is -4.41. The molecule has 0 aliphatic heterocycles. The SMILES string of the molecule is Cn1c(=O)oc2cc(-c3noc(-c4ccc(C(F)(F)F)cc4)n3)ccc21. The Balaban J connectivity index is 1.69. The average molecular weight is 361 g/mol. The Morgan fingerprint density at radius 1 is 1.04 bits per heavy atom. The quantitative estimate of drug-likeness (QED) is 0.542. The molecule has 6 nitrogen and oxygen atoms in total. The normalized spacial score (nSPS) is 12.0. The third-order valence-corrected chi connectivity index (χ3v) is 3.94. The number of benzene rings is 2. The molecule has 132 valence electrons. The van der Waals surface area contributed by atoms with E-state index in [-0.39, 0.29) is 11.7 Å². The number of aromatic nitrogens is 3. The minimum absolute atomic E-state index is 0.0864. The van der Waals surface area contributed by atoms with Gasteiger partial charge in [0.05, 0.1) is 11.1 Å². The molecular weight excluding hydrogens is 351 g/mol. The lowest BCUT2D eigenvalue weighted by molar-refractivity contribution is -0.137. The number of halogens is 3. The van der Waals surface area contributed by atoms with E-state index in [1.807, 2.05) is 0 Å². The molecular formula is C17H10F3N3O3. The van der Waals surface area contributed by atoms with E-state index in [9.17, 15) is 18.0 Å². The molecule has 2 heterocycles. The first-order valence-corrected chi connectivity index (χ1v) is 7.44. The fraction of sp³-hybridized carbons (Fsp3) is 0.118. The van der Waals surface area contributed by atoms with Crippen LogP contribution in [0.4, 0.5) is 13.2 Å². The van der Waals surface area contributed by atoms with Crippen molar-refractivity contribution in [3.05, 3.63) is 58.6 Å². The van der Waals surface area contributed by atoms with Crippen LogP contribution < -0.4 is 5.76 Å². The predicted molar refractivity (Wildman–Crippen MR) is 85.2 cm³/mol. The van der Waals surface area contributed by atoms with Crippen LogP contribution in [0.25, 0.3) is 33.9 Å². The van der Waals surface area contributed by atoms with Crippen molar-refractivity contribution < 1.29 is 22.1 Å². The van der Waals surface area contributed by atoms with Gasteiger partial charge in [-0.25, -0.2) is 4.79 Å². The Labute approximate surface area is 143 Å². The van der Waals surface area contributed by atoms with Gasteiger partial charge in [-0.2, -0.15) is 18.2 Å². The Hall–Kier alpha value is -3.36. The Morgan fingerprint density at radius 2 is 1.73 bits per heavy atom. The lowest BCUT2D eigenvalue weighted by atomic mass is 10.1. The number of hydrogen-bond donors (Lipinski definition) is 0. The zero-order chi connectivity index (χ0) is 18.5. The van der Waals surface area contributed by atoms with Crippen LogP contribution in [0.15, 0.2) is 56.2 Å². The molecule has 4 aromatic rings. The molecule has 0 aliphatic rings. The molecule has 0 saturated carbocycles. The highest BCUT2D eigenvalue weighted by atomic mass is 19.4. The molecule has 0 aliphatic carbocycles. The van der Waals surface area contributed by atoms with E-state index in [1.54, 1.807) is 25.2 Å². The third-order valence-electron chi connectivity index (χ3n) is 3.94. The van der Waals surface area contributed by atoms with E-state index in [4.69, 9.17) is 8.94 Å². The van der Waals surface area contributed by atoms with Crippen LogP contribution in [0.2, 0.25) is 0 Å². The van der Waals surface area contributed by atoms with Gasteiger partial charge in [-0.15, -0.1) is 0 Å². The van der Waals surface area contributed by atoms with E-state index in [2.05, 4.69) is 10.1 Å². The first-order valence-electron chi connectivity index (χ1n) is 7.44. The summed E-state index contributed by atoms with van der Waals surface area (Å²) >= 11 is 0. The summed E-state index contributed by atoms with van der Waals surface area (Å²) in [4.78, 5) is 15.7. The summed E-state index contributed by atoms with van der Waals surface area (Å²) in [5.41, 5.74) is 1.14. The molecule has 2 aromatic heterocycles. The maximum Gasteiger partial charge on any atom is 0.419 e. The van der Waals surface area contributed by atoms with E-state index in [0.717, 1.165) is 12.1 Å². The molecule has 0 fully saturated rings. The van der Waals surface area contributed by atoms with Crippen molar-refractivity contribution in [1.29, 1.82) is 0 Å². The first kappa shape index (κ1) is 16.1. The fourth-order valence-corrected chi connectivity index (χ4v) is 2.53. The Kier molecular flexibility index (Phi) is 3.46. The molecule has 0 atom stereocenters. The predicted octanol–water partition coefficient (Wildman–Crippen LogP) is 3.87. The third kappa shape index (κ3) is 2.67. The molecule has 0 N–H and O–H groups in total. The number of rotatable bonds is 2. The molecule has 0 saturated heterocycles. The lowest BCUT2D eigenvalue weighted by Crippen LogP contribution is -2.08. The smallest absolute Gasteiger partial charge is 0.408 e. The maximum atomic E-state index is 12.6. The van der Waals surface area contributed by atoms with Gasteiger partial charge in [0, 0.05) is 18.2 Å². The monoisotopic (exact) mass is 361 g/mol. The zero-order valence-electron chi connectivity index (χ0n) is 13.2. The molecule has 0 bridgehead atoms. The van der Waals surface area contributed by atoms with Crippen LogP contribution in [0.3, 0.4) is 0 Å². The van der Waals surface area contributed by atoms with Gasteiger partial charge >= 0.3 is 11.9 Å². The Morgan fingerprint density at radius 3 is 2.42 bits per heavy atom. The summed E-state index contributed by atoms with van der Waals surface area (Å²) < 4.78 is 49.5. The number of aryl methyl sites for hydroxylation is 1. The fourth-order valence-electron chi connectivity index (χ4n) is 2.53. The summed E-state index contributed by atoms with van der Waals surface area (Å²) in [5, 5.41) is 3.84. The highest BCUT2D eigenvalue weighted by Crippen LogP contribution is 2.31. The zero-order valence-corrected chi connectivity index (χ0v) is 13.2. The second-order valence-corrected chi connectivity index (χ2v) is 5.61. The van der Waals surface area contributed by atoms with Gasteiger partial charge in [0.15, 0.2) is 5.58 Å². The lowest BCUT2D eigenvalue weighted by Gasteiger charge is -2.05. The van der Waals surface area contributed by atoms with Crippen LogP contribution in [-0.4, -0.2) is 14.7 Å². The summed E-state index contributed by atoms with van der Waals surface area (Å²) in [5.74, 6) is -0.174. The van der Waals surface area contributed by atoms with Gasteiger partial charge < -0.3 is 8.94 Å². The van der Waals surface area contributed by atoms with Crippen LogP contribution in [0.5, 0.6) is 0 Å². The van der Waals surface area contributed by atoms with Crippen molar-refractivity contribution >= 4 is 11.1 Å². The minimum atomic E-state index is -4.41. The van der Waals surface area contributed by atoms with E-state index < -0.39 is 17.5 Å². The topological polar surface area (TPSA) is 74.1 Å². The first-order chi connectivity index (χ1) is 12.3. The molecule has 0 spiro atoms. The largest absolute Gasteiger partial charge is 0.419 e. The highest BCUT2D eigenvalue weighted by Gasteiger charge is 2.30. The van der Waals surface area contributed by atoms with Gasteiger partial charge in [0.25, 0.3) is 5.89 Å². The van der Waals surface area contributed by atoms with Crippen molar-refractivity contribution in [2.75, 3.05) is 0 Å². The number of hydrogen-bond acceptors (Lipinski definition) is 5. The van der Waals surface area contributed by atoms with Crippen LogP contribution in [0, 0.1) is 0 Å². The standard InChI is InChI=1S/C17H10F3N3O3/c1-23-12-7-4-10(8-13(12)25-16(23)24)14-21-15(26-22-14)9-2-5-11(6-3-9)17(18,19)20/h2-8H,1H3. The van der Waals surface area contributed by atoms with E-state index >= 15 is 0 Å². The molecule has 9 heteroatoms. The Bertz CT molecular complexity index is 1150. The van der Waals surface area contributed by atoms with E-state index in [1.165, 1.54) is 16.7 Å². The highest BCUT2D eigenvalue weighted by molar-refractivity contribution is 5.78. The summed E-state index contributed by atoms with van der Waals surface area (Å²) in [6.45, 7) is 0. The van der Waals surface area contributed by atoms with Gasteiger partial charge in [-0.3, -0.25) is 4.57 Å². The summed E-state index contributed by atoms with van der Waals surface area (Å²) in [6, 6.07) is 9.40. The second kappa shape index (κ2) is 5.58. The molecule has 0 radical (unpaired) electrons. The molecule has 26 heavy (non-hydrogen) atoms. The van der Waals surface area contributed by atoms with Crippen molar-refractivity contribution in [2.24, 2.45) is 7.05 Å². The number of nitrogens with zero attached hydrogens (tertiary/aromatic N) is 3. The maximum absolute atomic E-state index is 12.6. The van der Waals surface area contributed by atoms with Crippen LogP contribution in [0.1, 0.15) is 5.56 Å². The molecule has 2 aromatic carbocycles. The van der Waals surface area contributed by atoms with Crippen LogP contribution >= 0.6 is 0 Å². The van der Waals surface area contributed by atoms with Crippen molar-refractivity contribution in [3.63, 3.8) is 0 Å². The van der Waals surface area contributed by atoms with Crippen molar-refractivity contribution in [3.8, 4) is 22.8 Å². The summed E-state index contributed by atoms with van der Waals surface area (Å²) in [7, 11) is 1.59. The van der Waals surface area contributed by atoms with E-state index in [0.29, 0.717) is 22.2 Å². The van der Waals surface area contributed by atoms with Gasteiger partial charge in [-0.1, -0.05) is 5.16 Å². The number of oxazole rings is 1. The minimum Gasteiger partial charge on any atom is -0.408 e. The van der Waals surface area contributed by atoms with Crippen molar-refractivity contribution in [2.45, 2.75) is 6.18 Å². The second-order valence-electron chi connectivity index (χ2n) is 5.61. The molecule has 0 amide bonds.